The highest BCUT2D eigenvalue weighted by Gasteiger charge is 2.10. The lowest BCUT2D eigenvalue weighted by atomic mass is 10.1. The van der Waals surface area contributed by atoms with Crippen LogP contribution in [0.1, 0.15) is 32.3 Å². The van der Waals surface area contributed by atoms with Gasteiger partial charge in [0.2, 0.25) is 0 Å². The van der Waals surface area contributed by atoms with Crippen LogP contribution in [0.15, 0.2) is 42.5 Å². The van der Waals surface area contributed by atoms with Crippen LogP contribution in [0.4, 0.5) is 0 Å². The van der Waals surface area contributed by atoms with Crippen molar-refractivity contribution in [1.29, 1.82) is 0 Å². The van der Waals surface area contributed by atoms with Gasteiger partial charge in [0.15, 0.2) is 0 Å². The van der Waals surface area contributed by atoms with Crippen molar-refractivity contribution in [1.82, 2.24) is 0 Å². The fourth-order valence-electron chi connectivity index (χ4n) is 2.10. The third-order valence-electron chi connectivity index (χ3n) is 3.32. The van der Waals surface area contributed by atoms with Gasteiger partial charge in [-0.3, -0.25) is 9.59 Å². The van der Waals surface area contributed by atoms with E-state index in [1.165, 1.54) is 0 Å². The quantitative estimate of drug-likeness (QED) is 0.728. The molecule has 0 unspecified atom stereocenters. The highest BCUT2D eigenvalue weighted by Crippen LogP contribution is 2.16. The molecule has 0 spiro atoms. The van der Waals surface area contributed by atoms with Gasteiger partial charge in [-0.25, -0.2) is 0 Å². The van der Waals surface area contributed by atoms with Gasteiger partial charge in [-0.1, -0.05) is 50.2 Å². The Morgan fingerprint density at radius 1 is 0.913 bits per heavy atom. The zero-order chi connectivity index (χ0) is 16.7. The molecule has 0 amide bonds. The van der Waals surface area contributed by atoms with Gasteiger partial charge in [0.1, 0.15) is 6.61 Å². The molecule has 0 bridgehead atoms. The molecule has 4 nitrogen and oxygen atoms in total. The van der Waals surface area contributed by atoms with E-state index >= 15 is 0 Å². The number of hydrogen-bond donors (Lipinski definition) is 0. The van der Waals surface area contributed by atoms with E-state index in [0.29, 0.717) is 12.5 Å². The summed E-state index contributed by atoms with van der Waals surface area (Å²) in [5.41, 5.74) is 0.930. The Labute approximate surface area is 136 Å². The zero-order valence-corrected chi connectivity index (χ0v) is 13.6. The molecule has 0 aliphatic heterocycles. The first-order valence-corrected chi connectivity index (χ1v) is 7.83. The van der Waals surface area contributed by atoms with Gasteiger partial charge in [0.05, 0.1) is 19.4 Å². The van der Waals surface area contributed by atoms with Crippen molar-refractivity contribution in [2.75, 3.05) is 6.61 Å². The largest absolute Gasteiger partial charge is 0.465 e. The number of ether oxygens (including phenoxy) is 2. The Balaban J connectivity index is 1.76. The monoisotopic (exact) mass is 314 g/mol. The number of hydrogen-bond acceptors (Lipinski definition) is 4. The highest BCUT2D eigenvalue weighted by atomic mass is 16.5. The summed E-state index contributed by atoms with van der Waals surface area (Å²) in [7, 11) is 0. The maximum Gasteiger partial charge on any atom is 0.306 e. The molecule has 0 saturated carbocycles. The van der Waals surface area contributed by atoms with Crippen molar-refractivity contribution in [2.24, 2.45) is 5.92 Å². The second-order valence-corrected chi connectivity index (χ2v) is 5.92. The van der Waals surface area contributed by atoms with E-state index in [4.69, 9.17) is 9.47 Å². The average molecular weight is 314 g/mol. The Morgan fingerprint density at radius 3 is 2.26 bits per heavy atom. The smallest absolute Gasteiger partial charge is 0.306 e. The molecular weight excluding hydrogens is 292 g/mol. The summed E-state index contributed by atoms with van der Waals surface area (Å²) in [6.07, 6.45) is 0.105. The minimum atomic E-state index is -0.389. The van der Waals surface area contributed by atoms with Crippen molar-refractivity contribution in [3.8, 4) is 0 Å². The minimum Gasteiger partial charge on any atom is -0.465 e. The van der Waals surface area contributed by atoms with Gasteiger partial charge < -0.3 is 9.47 Å². The van der Waals surface area contributed by atoms with E-state index in [1.807, 2.05) is 56.3 Å². The third-order valence-corrected chi connectivity index (χ3v) is 3.32. The first-order chi connectivity index (χ1) is 11.0. The summed E-state index contributed by atoms with van der Waals surface area (Å²) in [5.74, 6) is -0.459. The van der Waals surface area contributed by atoms with Crippen molar-refractivity contribution in [3.05, 3.63) is 48.0 Å². The number of benzene rings is 2. The van der Waals surface area contributed by atoms with Crippen LogP contribution in [0, 0.1) is 5.92 Å². The number of rotatable bonds is 7. The second-order valence-electron chi connectivity index (χ2n) is 5.92. The van der Waals surface area contributed by atoms with Gasteiger partial charge in [-0.05, 0) is 28.3 Å². The summed E-state index contributed by atoms with van der Waals surface area (Å²) in [4.78, 5) is 23.1. The van der Waals surface area contributed by atoms with Crippen LogP contribution in [0.3, 0.4) is 0 Å². The molecule has 0 atom stereocenters. The normalized spacial score (nSPS) is 10.7. The molecule has 0 N–H and O–H groups in total. The Hall–Kier alpha value is -2.36. The summed E-state index contributed by atoms with van der Waals surface area (Å²) in [6.45, 7) is 4.52. The standard InChI is InChI=1S/C19H22O4/c1-14(2)12-22-18(20)9-10-19(21)23-13-15-7-8-16-5-3-4-6-17(16)11-15/h3-8,11,14H,9-10,12-13H2,1-2H3. The number of carbonyl (C=O) groups excluding carboxylic acids is 2. The maximum absolute atomic E-state index is 11.7. The average Bonchev–Trinajstić information content (AvgIpc) is 2.56. The topological polar surface area (TPSA) is 52.6 Å². The number of carbonyl (C=O) groups is 2. The Morgan fingerprint density at radius 2 is 1.57 bits per heavy atom. The summed E-state index contributed by atoms with van der Waals surface area (Å²) < 4.78 is 10.2. The molecule has 0 saturated heterocycles. The van der Waals surface area contributed by atoms with E-state index in [-0.39, 0.29) is 31.4 Å². The third kappa shape index (κ3) is 5.74. The molecule has 0 aromatic heterocycles. The molecule has 2 rings (SSSR count). The van der Waals surface area contributed by atoms with Crippen LogP contribution < -0.4 is 0 Å². The van der Waals surface area contributed by atoms with Crippen molar-refractivity contribution in [2.45, 2.75) is 33.3 Å². The van der Waals surface area contributed by atoms with E-state index in [2.05, 4.69) is 0 Å². The second kappa shape index (κ2) is 8.32. The number of fused-ring (bicyclic) bond motifs is 1. The lowest BCUT2D eigenvalue weighted by Crippen LogP contribution is -2.12. The molecule has 0 radical (unpaired) electrons. The Bertz CT molecular complexity index is 676. The first-order valence-electron chi connectivity index (χ1n) is 7.83. The molecular formula is C19H22O4. The van der Waals surface area contributed by atoms with Crippen LogP contribution >= 0.6 is 0 Å². The molecule has 4 heteroatoms. The Kier molecular flexibility index (Phi) is 6.15. The highest BCUT2D eigenvalue weighted by molar-refractivity contribution is 5.83. The van der Waals surface area contributed by atoms with Crippen LogP contribution in [0.5, 0.6) is 0 Å². The molecule has 0 fully saturated rings. The summed E-state index contributed by atoms with van der Waals surface area (Å²) >= 11 is 0. The summed E-state index contributed by atoms with van der Waals surface area (Å²) in [5, 5.41) is 2.26. The van der Waals surface area contributed by atoms with Gasteiger partial charge in [0, 0.05) is 0 Å². The van der Waals surface area contributed by atoms with Crippen LogP contribution in [-0.4, -0.2) is 18.5 Å². The van der Waals surface area contributed by atoms with Crippen LogP contribution in [-0.2, 0) is 25.7 Å². The maximum atomic E-state index is 11.7. The van der Waals surface area contributed by atoms with Gasteiger partial charge in [-0.15, -0.1) is 0 Å². The summed E-state index contributed by atoms with van der Waals surface area (Å²) in [6, 6.07) is 14.0. The molecule has 2 aromatic carbocycles. The van der Waals surface area contributed by atoms with Crippen LogP contribution in [0.25, 0.3) is 10.8 Å². The van der Waals surface area contributed by atoms with E-state index in [1.54, 1.807) is 0 Å². The lowest BCUT2D eigenvalue weighted by Gasteiger charge is -2.08. The first kappa shape index (κ1) is 17.0. The molecule has 0 heterocycles. The van der Waals surface area contributed by atoms with E-state index in [9.17, 15) is 9.59 Å². The number of esters is 2. The molecule has 0 aliphatic carbocycles. The zero-order valence-electron chi connectivity index (χ0n) is 13.6. The van der Waals surface area contributed by atoms with Gasteiger partial charge in [-0.2, -0.15) is 0 Å². The molecule has 0 aliphatic rings. The fraction of sp³-hybridized carbons (Fsp3) is 0.368. The lowest BCUT2D eigenvalue weighted by molar-refractivity contribution is -0.151. The van der Waals surface area contributed by atoms with E-state index < -0.39 is 0 Å². The van der Waals surface area contributed by atoms with Gasteiger partial charge >= 0.3 is 11.9 Å². The fourth-order valence-corrected chi connectivity index (χ4v) is 2.10. The molecule has 23 heavy (non-hydrogen) atoms. The van der Waals surface area contributed by atoms with E-state index in [0.717, 1.165) is 16.3 Å². The van der Waals surface area contributed by atoms with Crippen molar-refractivity contribution < 1.29 is 19.1 Å². The van der Waals surface area contributed by atoms with Crippen molar-refractivity contribution in [3.63, 3.8) is 0 Å². The minimum absolute atomic E-state index is 0.0461. The predicted molar refractivity (Wildman–Crippen MR) is 88.8 cm³/mol. The SMILES string of the molecule is CC(C)COC(=O)CCC(=O)OCc1ccc2ccccc2c1. The van der Waals surface area contributed by atoms with Crippen LogP contribution in [0.2, 0.25) is 0 Å². The van der Waals surface area contributed by atoms with Gasteiger partial charge in [0.25, 0.3) is 0 Å². The molecule has 2 aromatic rings. The molecule has 122 valence electrons. The predicted octanol–water partition coefficient (Wildman–Crippen LogP) is 3.86. The van der Waals surface area contributed by atoms with Crippen molar-refractivity contribution >= 4 is 22.7 Å².